The van der Waals surface area contributed by atoms with Crippen LogP contribution < -0.4 is 15.5 Å². The van der Waals surface area contributed by atoms with E-state index in [-0.39, 0.29) is 12.3 Å². The predicted molar refractivity (Wildman–Crippen MR) is 112 cm³/mol. The molecule has 2 N–H and O–H groups in total. The molecule has 2 aromatic carbocycles. The maximum absolute atomic E-state index is 12.2. The first-order chi connectivity index (χ1) is 14.5. The minimum absolute atomic E-state index is 0.112. The van der Waals surface area contributed by atoms with Gasteiger partial charge in [0, 0.05) is 4.47 Å². The normalized spacial score (nSPS) is 10.6. The molecule has 1 heterocycles. The Bertz CT molecular complexity index is 1080. The van der Waals surface area contributed by atoms with E-state index in [0.29, 0.717) is 16.9 Å². The summed E-state index contributed by atoms with van der Waals surface area (Å²) in [5.41, 5.74) is 3.31. The van der Waals surface area contributed by atoms with Crippen LogP contribution in [0.5, 0.6) is 5.75 Å². The highest BCUT2D eigenvalue weighted by atomic mass is 79.9. The van der Waals surface area contributed by atoms with Gasteiger partial charge in [0.15, 0.2) is 5.76 Å². The number of halogens is 1. The first-order valence-electron chi connectivity index (χ1n) is 8.73. The average molecular weight is 470 g/mol. The van der Waals surface area contributed by atoms with Crippen LogP contribution in [0.25, 0.3) is 0 Å². The van der Waals surface area contributed by atoms with Crippen LogP contribution in [0.15, 0.2) is 80.9 Å². The molecule has 3 rings (SSSR count). The lowest BCUT2D eigenvalue weighted by molar-refractivity contribution is -0.120. The van der Waals surface area contributed by atoms with Gasteiger partial charge in [0.2, 0.25) is 0 Å². The summed E-state index contributed by atoms with van der Waals surface area (Å²) in [6, 6.07) is 16.6. The highest BCUT2D eigenvalue weighted by Gasteiger charge is 2.10. The molecule has 0 spiro atoms. The van der Waals surface area contributed by atoms with Gasteiger partial charge in [-0.15, -0.1) is 0 Å². The van der Waals surface area contributed by atoms with Gasteiger partial charge in [-0.2, -0.15) is 5.10 Å². The van der Waals surface area contributed by atoms with Crippen LogP contribution in [0, 0.1) is 0 Å². The zero-order chi connectivity index (χ0) is 21.3. The monoisotopic (exact) mass is 469 g/mol. The topological polar surface area (TPSA) is 110 Å². The average Bonchev–Trinajstić information content (AvgIpc) is 3.27. The number of nitrogens with one attached hydrogen (secondary N) is 2. The van der Waals surface area contributed by atoms with E-state index in [2.05, 4.69) is 31.8 Å². The number of benzene rings is 2. The number of hydrogen-bond donors (Lipinski definition) is 2. The van der Waals surface area contributed by atoms with Gasteiger partial charge in [-0.05, 0) is 48.0 Å². The summed E-state index contributed by atoms with van der Waals surface area (Å²) >= 11 is 3.31. The number of amides is 2. The van der Waals surface area contributed by atoms with Crippen molar-refractivity contribution in [1.82, 2.24) is 10.7 Å². The Balaban J connectivity index is 1.50. The van der Waals surface area contributed by atoms with Crippen LogP contribution in [0.4, 0.5) is 0 Å². The molecule has 1 aromatic heterocycles. The van der Waals surface area contributed by atoms with Gasteiger partial charge in [0.05, 0.1) is 24.6 Å². The zero-order valence-corrected chi connectivity index (χ0v) is 17.1. The van der Waals surface area contributed by atoms with Crippen LogP contribution in [-0.2, 0) is 4.79 Å². The van der Waals surface area contributed by atoms with Crippen molar-refractivity contribution in [3.8, 4) is 5.75 Å². The third kappa shape index (κ3) is 6.14. The molecule has 3 aromatic rings. The summed E-state index contributed by atoms with van der Waals surface area (Å²) in [4.78, 5) is 35.7. The molecular weight excluding hydrogens is 454 g/mol. The number of nitrogens with zero attached hydrogens (tertiary/aromatic N) is 1. The van der Waals surface area contributed by atoms with Crippen LogP contribution in [0.2, 0.25) is 0 Å². The number of ether oxygens (including phenoxy) is 1. The molecule has 0 radical (unpaired) electrons. The summed E-state index contributed by atoms with van der Waals surface area (Å²) in [5.74, 6) is -1.06. The van der Waals surface area contributed by atoms with Crippen LogP contribution in [0.3, 0.4) is 0 Å². The van der Waals surface area contributed by atoms with E-state index in [4.69, 9.17) is 9.15 Å². The molecule has 8 nitrogen and oxygen atoms in total. The Morgan fingerprint density at radius 2 is 1.90 bits per heavy atom. The second kappa shape index (κ2) is 10.2. The summed E-state index contributed by atoms with van der Waals surface area (Å²) in [7, 11) is 0. The van der Waals surface area contributed by atoms with Crippen molar-refractivity contribution >= 4 is 39.9 Å². The van der Waals surface area contributed by atoms with Gasteiger partial charge in [0.25, 0.3) is 11.8 Å². The van der Waals surface area contributed by atoms with Crippen LogP contribution in [-0.4, -0.2) is 30.5 Å². The van der Waals surface area contributed by atoms with E-state index in [1.54, 1.807) is 48.5 Å². The summed E-state index contributed by atoms with van der Waals surface area (Å²) < 4.78 is 11.1. The quantitative estimate of drug-likeness (QED) is 0.239. The van der Waals surface area contributed by atoms with Gasteiger partial charge < -0.3 is 14.5 Å². The molecule has 30 heavy (non-hydrogen) atoms. The highest BCUT2D eigenvalue weighted by molar-refractivity contribution is 9.10. The Morgan fingerprint density at radius 1 is 1.07 bits per heavy atom. The fourth-order valence-electron chi connectivity index (χ4n) is 2.31. The Morgan fingerprint density at radius 3 is 2.67 bits per heavy atom. The number of carbonyl (C=O) groups excluding carboxylic acids is 3. The first-order valence-corrected chi connectivity index (χ1v) is 9.52. The fraction of sp³-hybridized carbons (Fsp3) is 0.0476. The lowest BCUT2D eigenvalue weighted by Gasteiger charge is -2.05. The molecule has 0 aliphatic carbocycles. The van der Waals surface area contributed by atoms with Crippen LogP contribution >= 0.6 is 15.9 Å². The maximum atomic E-state index is 12.2. The molecule has 152 valence electrons. The van der Waals surface area contributed by atoms with E-state index < -0.39 is 17.8 Å². The van der Waals surface area contributed by atoms with E-state index in [1.807, 2.05) is 6.07 Å². The summed E-state index contributed by atoms with van der Waals surface area (Å²) in [6.07, 6.45) is 2.76. The van der Waals surface area contributed by atoms with Crippen LogP contribution in [0.1, 0.15) is 26.5 Å². The van der Waals surface area contributed by atoms with E-state index in [9.17, 15) is 14.4 Å². The second-order valence-electron chi connectivity index (χ2n) is 5.93. The van der Waals surface area contributed by atoms with Crippen molar-refractivity contribution in [2.24, 2.45) is 5.10 Å². The van der Waals surface area contributed by atoms with Crippen molar-refractivity contribution in [3.63, 3.8) is 0 Å². The number of hydrazone groups is 1. The van der Waals surface area contributed by atoms with Crippen molar-refractivity contribution in [2.75, 3.05) is 6.54 Å². The molecule has 0 fully saturated rings. The Labute approximate surface area is 180 Å². The molecule has 0 bridgehead atoms. The Kier molecular flexibility index (Phi) is 7.12. The fourth-order valence-corrected chi connectivity index (χ4v) is 2.71. The summed E-state index contributed by atoms with van der Waals surface area (Å²) in [6.45, 7) is -0.263. The summed E-state index contributed by atoms with van der Waals surface area (Å²) in [5, 5.41) is 6.23. The van der Waals surface area contributed by atoms with Gasteiger partial charge in [-0.25, -0.2) is 10.2 Å². The third-order valence-corrected chi connectivity index (χ3v) is 4.18. The SMILES string of the molecule is O=C(CNC(=O)c1ccco1)N/N=C/c1cccc(OC(=O)c2cccc(Br)c2)c1. The molecule has 0 aliphatic heterocycles. The number of furan rings is 1. The minimum Gasteiger partial charge on any atom is -0.459 e. The molecule has 0 saturated heterocycles. The molecule has 0 atom stereocenters. The molecular formula is C21H16BrN3O5. The van der Waals surface area contributed by atoms with Gasteiger partial charge in [-0.3, -0.25) is 9.59 Å². The van der Waals surface area contributed by atoms with Gasteiger partial charge >= 0.3 is 5.97 Å². The lowest BCUT2D eigenvalue weighted by Crippen LogP contribution is -2.34. The standard InChI is InChI=1S/C21H16BrN3O5/c22-16-6-2-5-15(11-16)21(28)30-17-7-1-4-14(10-17)12-24-25-19(26)13-23-20(27)18-8-3-9-29-18/h1-12H,13H2,(H,23,27)(H,25,26)/b24-12+. The number of carbonyl (C=O) groups is 3. The predicted octanol–water partition coefficient (Wildman–Crippen LogP) is 3.14. The highest BCUT2D eigenvalue weighted by Crippen LogP contribution is 2.16. The lowest BCUT2D eigenvalue weighted by atomic mass is 10.2. The first kappa shape index (κ1) is 21.0. The number of esters is 1. The number of hydrogen-bond acceptors (Lipinski definition) is 6. The van der Waals surface area contributed by atoms with Gasteiger partial charge in [-0.1, -0.05) is 34.1 Å². The van der Waals surface area contributed by atoms with Gasteiger partial charge in [0.1, 0.15) is 5.75 Å². The van der Waals surface area contributed by atoms with Crippen molar-refractivity contribution < 1.29 is 23.5 Å². The second-order valence-corrected chi connectivity index (χ2v) is 6.84. The minimum atomic E-state index is -0.511. The molecule has 0 unspecified atom stereocenters. The van der Waals surface area contributed by atoms with Crippen molar-refractivity contribution in [3.05, 3.63) is 88.3 Å². The molecule has 0 aliphatic rings. The number of rotatable bonds is 7. The largest absolute Gasteiger partial charge is 0.459 e. The Hall–Kier alpha value is -3.72. The van der Waals surface area contributed by atoms with Crippen molar-refractivity contribution in [2.45, 2.75) is 0 Å². The van der Waals surface area contributed by atoms with E-state index >= 15 is 0 Å². The van der Waals surface area contributed by atoms with Crippen molar-refractivity contribution in [1.29, 1.82) is 0 Å². The molecule has 0 saturated carbocycles. The maximum Gasteiger partial charge on any atom is 0.343 e. The smallest absolute Gasteiger partial charge is 0.343 e. The molecule has 2 amide bonds. The van der Waals surface area contributed by atoms with E-state index in [0.717, 1.165) is 4.47 Å². The zero-order valence-electron chi connectivity index (χ0n) is 15.5. The molecule has 9 heteroatoms. The third-order valence-electron chi connectivity index (χ3n) is 3.69. The van der Waals surface area contributed by atoms with E-state index in [1.165, 1.54) is 18.5 Å².